The number of carbonyl (C=O) groups excluding carboxylic acids is 4. The molecule has 103 heavy (non-hydrogen) atoms. The van der Waals surface area contributed by atoms with Crippen molar-refractivity contribution in [2.24, 2.45) is 11.8 Å². The monoisotopic (exact) mass is 1510 g/mol. The number of rotatable bonds is 83. The first-order chi connectivity index (χ1) is 49.9. The lowest BCUT2D eigenvalue weighted by molar-refractivity contribution is -0.161. The molecule has 0 fully saturated rings. The number of phosphoric acid groups is 2. The number of aliphatic hydroxyl groups excluding tert-OH is 1. The maximum absolute atomic E-state index is 13.1. The van der Waals surface area contributed by atoms with E-state index in [9.17, 15) is 43.2 Å². The summed E-state index contributed by atoms with van der Waals surface area (Å²) >= 11 is 0. The van der Waals surface area contributed by atoms with Gasteiger partial charge in [-0.3, -0.25) is 37.3 Å². The molecule has 0 amide bonds. The summed E-state index contributed by atoms with van der Waals surface area (Å²) in [5, 5.41) is 10.7. The molecule has 0 bridgehead atoms. The van der Waals surface area contributed by atoms with Crippen molar-refractivity contribution in [2.45, 2.75) is 464 Å². The molecule has 0 aliphatic heterocycles. The van der Waals surface area contributed by atoms with Crippen LogP contribution in [0.15, 0.2) is 0 Å². The van der Waals surface area contributed by atoms with Crippen LogP contribution in [0.4, 0.5) is 0 Å². The Balaban J connectivity index is 5.20. The van der Waals surface area contributed by atoms with Gasteiger partial charge >= 0.3 is 39.5 Å². The van der Waals surface area contributed by atoms with Crippen molar-refractivity contribution < 1.29 is 80.2 Å². The van der Waals surface area contributed by atoms with Gasteiger partial charge in [-0.25, -0.2) is 9.13 Å². The molecule has 0 radical (unpaired) electrons. The van der Waals surface area contributed by atoms with Crippen LogP contribution in [0.2, 0.25) is 0 Å². The number of phosphoric ester groups is 2. The van der Waals surface area contributed by atoms with Gasteiger partial charge in [0.05, 0.1) is 26.4 Å². The SMILES string of the molecule is CCCCCCCCCCCCCCCCCC(=O)O[C@H](COC(=O)CCCCCCCCCCC)COP(=O)(O)OC[C@H](O)COP(=O)(O)OC[C@@H](COC(=O)CCCCCCCCCCCCCCCCC(C)C)OC(=O)CCCCCCCCCCCCCCCCCCCCC(C)CC. The number of ether oxygens (including phenoxy) is 4. The molecule has 0 spiro atoms. The van der Waals surface area contributed by atoms with Gasteiger partial charge in [-0.15, -0.1) is 0 Å². The molecule has 0 aromatic heterocycles. The Morgan fingerprint density at radius 1 is 0.282 bits per heavy atom. The summed E-state index contributed by atoms with van der Waals surface area (Å²) in [6.07, 6.45) is 66.6. The summed E-state index contributed by atoms with van der Waals surface area (Å²) in [5.41, 5.74) is 0. The van der Waals surface area contributed by atoms with Gasteiger partial charge in [-0.05, 0) is 37.5 Å². The molecular formula is C84H164O17P2. The van der Waals surface area contributed by atoms with Crippen LogP contribution in [0.5, 0.6) is 0 Å². The fourth-order valence-corrected chi connectivity index (χ4v) is 14.6. The van der Waals surface area contributed by atoms with Gasteiger partial charge in [-0.2, -0.15) is 0 Å². The number of hydrogen-bond donors (Lipinski definition) is 3. The lowest BCUT2D eigenvalue weighted by Crippen LogP contribution is -2.30. The molecule has 0 aliphatic carbocycles. The van der Waals surface area contributed by atoms with Crippen molar-refractivity contribution in [1.82, 2.24) is 0 Å². The number of carbonyl (C=O) groups is 4. The van der Waals surface area contributed by atoms with Gasteiger partial charge in [0.1, 0.15) is 19.3 Å². The van der Waals surface area contributed by atoms with E-state index in [1.807, 2.05) is 0 Å². The van der Waals surface area contributed by atoms with Gasteiger partial charge in [0.15, 0.2) is 12.2 Å². The van der Waals surface area contributed by atoms with Crippen LogP contribution >= 0.6 is 15.6 Å². The van der Waals surface area contributed by atoms with Crippen LogP contribution in [0.25, 0.3) is 0 Å². The molecule has 0 saturated carbocycles. The first-order valence-corrected chi connectivity index (χ1v) is 46.5. The van der Waals surface area contributed by atoms with E-state index >= 15 is 0 Å². The average molecular weight is 1510 g/mol. The highest BCUT2D eigenvalue weighted by atomic mass is 31.2. The van der Waals surface area contributed by atoms with E-state index in [4.69, 9.17) is 37.0 Å². The molecule has 0 saturated heterocycles. The molecule has 0 heterocycles. The maximum Gasteiger partial charge on any atom is 0.472 e. The number of esters is 4. The zero-order valence-corrected chi connectivity index (χ0v) is 69.4. The van der Waals surface area contributed by atoms with Gasteiger partial charge in [0, 0.05) is 25.7 Å². The average Bonchev–Trinajstić information content (AvgIpc) is 0.907. The predicted octanol–water partition coefficient (Wildman–Crippen LogP) is 25.5. The lowest BCUT2D eigenvalue weighted by Gasteiger charge is -2.21. The predicted molar refractivity (Wildman–Crippen MR) is 423 cm³/mol. The molecular weight excluding hydrogens is 1340 g/mol. The van der Waals surface area contributed by atoms with Crippen LogP contribution in [0.1, 0.15) is 446 Å². The third-order valence-electron chi connectivity index (χ3n) is 20.1. The van der Waals surface area contributed by atoms with Crippen LogP contribution in [0.3, 0.4) is 0 Å². The second-order valence-electron chi connectivity index (χ2n) is 30.9. The van der Waals surface area contributed by atoms with E-state index in [1.165, 1.54) is 263 Å². The van der Waals surface area contributed by atoms with E-state index < -0.39 is 97.5 Å². The highest BCUT2D eigenvalue weighted by Gasteiger charge is 2.30. The second kappa shape index (κ2) is 75.5. The second-order valence-corrected chi connectivity index (χ2v) is 33.8. The first kappa shape index (κ1) is 101. The van der Waals surface area contributed by atoms with Crippen molar-refractivity contribution in [1.29, 1.82) is 0 Å². The van der Waals surface area contributed by atoms with Gasteiger partial charge in [-0.1, -0.05) is 395 Å². The van der Waals surface area contributed by atoms with E-state index in [-0.39, 0.29) is 25.7 Å². The van der Waals surface area contributed by atoms with Gasteiger partial charge in [0.2, 0.25) is 0 Å². The van der Waals surface area contributed by atoms with Gasteiger partial charge < -0.3 is 33.8 Å². The molecule has 19 heteroatoms. The van der Waals surface area contributed by atoms with Crippen LogP contribution in [-0.4, -0.2) is 96.7 Å². The molecule has 6 atom stereocenters. The van der Waals surface area contributed by atoms with Crippen LogP contribution < -0.4 is 0 Å². The zero-order chi connectivity index (χ0) is 75.6. The van der Waals surface area contributed by atoms with Gasteiger partial charge in [0.25, 0.3) is 0 Å². The number of hydrogen-bond acceptors (Lipinski definition) is 15. The van der Waals surface area contributed by atoms with Crippen molar-refractivity contribution >= 4 is 39.5 Å². The third-order valence-corrected chi connectivity index (χ3v) is 22.0. The third kappa shape index (κ3) is 76.6. The van der Waals surface area contributed by atoms with Crippen LogP contribution in [0, 0.1) is 11.8 Å². The summed E-state index contributed by atoms with van der Waals surface area (Å²) in [5.74, 6) is -0.434. The number of aliphatic hydroxyl groups is 1. The summed E-state index contributed by atoms with van der Waals surface area (Å²) in [6, 6.07) is 0. The Bertz CT molecular complexity index is 1980. The quantitative estimate of drug-likeness (QED) is 0.0222. The Kier molecular flexibility index (Phi) is 74.1. The lowest BCUT2D eigenvalue weighted by atomic mass is 9.99. The molecule has 17 nitrogen and oxygen atoms in total. The summed E-state index contributed by atoms with van der Waals surface area (Å²) < 4.78 is 68.8. The zero-order valence-electron chi connectivity index (χ0n) is 67.6. The molecule has 0 rings (SSSR count). The fraction of sp³-hybridized carbons (Fsp3) is 0.952. The molecule has 612 valence electrons. The maximum atomic E-state index is 13.1. The van der Waals surface area contributed by atoms with E-state index in [0.717, 1.165) is 102 Å². The minimum atomic E-state index is -4.96. The molecule has 3 unspecified atom stereocenters. The summed E-state index contributed by atoms with van der Waals surface area (Å²) in [7, 11) is -9.92. The van der Waals surface area contributed by atoms with E-state index in [1.54, 1.807) is 0 Å². The molecule has 0 aromatic carbocycles. The minimum absolute atomic E-state index is 0.108. The van der Waals surface area contributed by atoms with Crippen molar-refractivity contribution in [3.8, 4) is 0 Å². The van der Waals surface area contributed by atoms with Crippen molar-refractivity contribution in [3.63, 3.8) is 0 Å². The highest BCUT2D eigenvalue weighted by Crippen LogP contribution is 2.45. The fourth-order valence-electron chi connectivity index (χ4n) is 13.0. The first-order valence-electron chi connectivity index (χ1n) is 43.5. The molecule has 0 aliphatic rings. The minimum Gasteiger partial charge on any atom is -0.462 e. The Morgan fingerprint density at radius 3 is 0.738 bits per heavy atom. The smallest absolute Gasteiger partial charge is 0.462 e. The number of unbranched alkanes of at least 4 members (excludes halogenated alkanes) is 52. The van der Waals surface area contributed by atoms with E-state index in [2.05, 4.69) is 41.5 Å². The molecule has 0 aromatic rings. The standard InChI is InChI=1S/C84H164O17P2/c1-7-10-12-14-16-18-19-20-25-33-38-44-50-56-62-68-83(88)100-79(72-94-81(86)66-60-54-48-40-17-15-13-11-8-2)74-98-102(90,91)96-70-78(85)71-97-103(92,93)99-75-80(73-95-82(87)67-61-55-49-43-37-32-29-28-30-35-41-46-52-58-64-76(4)5)101-84(89)69-63-57-51-45-39-34-27-24-22-21-23-26-31-36-42-47-53-59-65-77(6)9-3/h76-80,85H,7-75H2,1-6H3,(H,90,91)(H,92,93)/t77?,78-,79+,80+/m0/s1. The Hall–Kier alpha value is -1.94. The highest BCUT2D eigenvalue weighted by molar-refractivity contribution is 7.47. The van der Waals surface area contributed by atoms with Crippen LogP contribution in [-0.2, 0) is 65.4 Å². The summed E-state index contributed by atoms with van der Waals surface area (Å²) in [6.45, 7) is 9.73. The van der Waals surface area contributed by atoms with Crippen molar-refractivity contribution in [3.05, 3.63) is 0 Å². The van der Waals surface area contributed by atoms with Crippen molar-refractivity contribution in [2.75, 3.05) is 39.6 Å². The molecule has 3 N–H and O–H groups in total. The summed E-state index contributed by atoms with van der Waals surface area (Å²) in [4.78, 5) is 73.1. The Morgan fingerprint density at radius 2 is 0.495 bits per heavy atom. The largest absolute Gasteiger partial charge is 0.472 e. The topological polar surface area (TPSA) is 237 Å². The normalized spacial score (nSPS) is 14.1. The Labute approximate surface area is 632 Å². The van der Waals surface area contributed by atoms with E-state index in [0.29, 0.717) is 25.7 Å².